The summed E-state index contributed by atoms with van der Waals surface area (Å²) in [6.45, 7) is 11.8. The molecule has 4 heterocycles. The summed E-state index contributed by atoms with van der Waals surface area (Å²) in [7, 11) is 0. The number of piperidine rings is 1. The molecular formula is C34H47N3O2. The van der Waals surface area contributed by atoms with Gasteiger partial charge in [0.2, 0.25) is 0 Å². The topological polar surface area (TPSA) is 60.5 Å². The number of aromatic nitrogens is 1. The van der Waals surface area contributed by atoms with Crippen LogP contribution in [0.25, 0.3) is 16.6 Å². The maximum absolute atomic E-state index is 12.9. The molecule has 5 heteroatoms. The summed E-state index contributed by atoms with van der Waals surface area (Å²) in [5.74, 6) is 0.765. The number of fused-ring (bicyclic) bond motifs is 3. The Morgan fingerprint density at radius 2 is 1.79 bits per heavy atom. The van der Waals surface area contributed by atoms with E-state index in [1.165, 1.54) is 61.6 Å². The van der Waals surface area contributed by atoms with E-state index in [2.05, 4.69) is 60.6 Å². The van der Waals surface area contributed by atoms with E-state index < -0.39 is 0 Å². The highest BCUT2D eigenvalue weighted by Gasteiger charge is 2.58. The van der Waals surface area contributed by atoms with Crippen molar-refractivity contribution in [2.24, 2.45) is 27.9 Å². The monoisotopic (exact) mass is 529 g/mol. The standard InChI is InChI=1S/C22H26N2O2.C12H21N/c1-3-22-11-7-12-23-13-10-16-15-8-5-6-9-17(15)24(19(16)20(22)23)18(14-22)21(25)26-4-2;1-10-3-9-4-11(2,6-10)8-12(13,5-9)7-10/h5-6,8-9,14,20H,3-4,7,10-13H2,1-2H3;9H,3-8,13H2,1-2H3/t20-,22+;/m1./s1. The van der Waals surface area contributed by atoms with E-state index in [0.717, 1.165) is 49.5 Å². The summed E-state index contributed by atoms with van der Waals surface area (Å²) in [4.78, 5) is 15.6. The zero-order chi connectivity index (χ0) is 27.2. The molecule has 1 aromatic heterocycles. The van der Waals surface area contributed by atoms with E-state index in [-0.39, 0.29) is 16.9 Å². The average molecular weight is 530 g/mol. The van der Waals surface area contributed by atoms with E-state index in [0.29, 0.717) is 23.5 Å². The van der Waals surface area contributed by atoms with Crippen LogP contribution in [0.4, 0.5) is 0 Å². The molecule has 3 aliphatic heterocycles. The molecule has 1 aromatic carbocycles. The van der Waals surface area contributed by atoms with Crippen LogP contribution in [0.2, 0.25) is 0 Å². The zero-order valence-corrected chi connectivity index (χ0v) is 24.5. The second kappa shape index (κ2) is 8.69. The summed E-state index contributed by atoms with van der Waals surface area (Å²) < 4.78 is 7.69. The quantitative estimate of drug-likeness (QED) is 0.442. The minimum Gasteiger partial charge on any atom is -0.461 e. The van der Waals surface area contributed by atoms with Crippen LogP contribution >= 0.6 is 0 Å². The molecule has 0 radical (unpaired) electrons. The Morgan fingerprint density at radius 3 is 2.46 bits per heavy atom. The summed E-state index contributed by atoms with van der Waals surface area (Å²) >= 11 is 0. The first-order chi connectivity index (χ1) is 18.6. The normalized spacial score (nSPS) is 39.6. The van der Waals surface area contributed by atoms with Gasteiger partial charge in [0, 0.05) is 28.6 Å². The van der Waals surface area contributed by atoms with E-state index in [1.54, 1.807) is 0 Å². The van der Waals surface area contributed by atoms with Crippen molar-refractivity contribution in [2.45, 2.75) is 103 Å². The number of carbonyl (C=O) groups excluding carboxylic acids is 1. The highest BCUT2D eigenvalue weighted by molar-refractivity contribution is 6.13. The van der Waals surface area contributed by atoms with Gasteiger partial charge < -0.3 is 15.0 Å². The van der Waals surface area contributed by atoms with Crippen LogP contribution in [0.15, 0.2) is 30.3 Å². The Labute approximate surface area is 234 Å². The number of nitrogens with zero attached hydrogens (tertiary/aromatic N) is 2. The molecule has 5 fully saturated rings. The fourth-order valence-corrected chi connectivity index (χ4v) is 11.2. The molecule has 0 spiro atoms. The van der Waals surface area contributed by atoms with Crippen molar-refractivity contribution in [3.8, 4) is 0 Å². The van der Waals surface area contributed by atoms with Gasteiger partial charge in [0.25, 0.3) is 0 Å². The average Bonchev–Trinajstić information content (AvgIpc) is 3.20. The highest BCUT2D eigenvalue weighted by Crippen LogP contribution is 2.65. The highest BCUT2D eigenvalue weighted by atomic mass is 16.5. The van der Waals surface area contributed by atoms with Crippen LogP contribution in [-0.4, -0.2) is 40.7 Å². The minimum atomic E-state index is -0.190. The maximum atomic E-state index is 12.9. The molecule has 4 saturated carbocycles. The molecule has 210 valence electrons. The van der Waals surface area contributed by atoms with E-state index in [1.807, 2.05) is 6.92 Å². The molecule has 1 saturated heterocycles. The van der Waals surface area contributed by atoms with Gasteiger partial charge in [-0.15, -0.1) is 0 Å². The molecule has 4 atom stereocenters. The number of esters is 1. The van der Waals surface area contributed by atoms with Gasteiger partial charge in [0.15, 0.2) is 0 Å². The van der Waals surface area contributed by atoms with Crippen molar-refractivity contribution >= 4 is 22.6 Å². The molecule has 0 amide bonds. The number of carbonyl (C=O) groups is 1. The van der Waals surface area contributed by atoms with Crippen LogP contribution in [0, 0.1) is 22.2 Å². The second-order valence-corrected chi connectivity index (χ2v) is 14.8. The third-order valence-electron chi connectivity index (χ3n) is 11.4. The van der Waals surface area contributed by atoms with E-state index >= 15 is 0 Å². The lowest BCUT2D eigenvalue weighted by Gasteiger charge is -2.64. The van der Waals surface area contributed by atoms with Crippen LogP contribution in [0.1, 0.15) is 103 Å². The lowest BCUT2D eigenvalue weighted by Crippen LogP contribution is -2.62. The van der Waals surface area contributed by atoms with E-state index in [4.69, 9.17) is 10.5 Å². The number of ether oxygens (including phenoxy) is 1. The summed E-state index contributed by atoms with van der Waals surface area (Å²) in [6.07, 6.45) is 15.0. The minimum absolute atomic E-state index is 0.0416. The fourth-order valence-electron chi connectivity index (χ4n) is 11.2. The lowest BCUT2D eigenvalue weighted by molar-refractivity contribution is -0.136. The number of para-hydroxylation sites is 1. The van der Waals surface area contributed by atoms with Crippen LogP contribution in [-0.2, 0) is 16.0 Å². The molecule has 7 aliphatic rings. The van der Waals surface area contributed by atoms with Crippen LogP contribution < -0.4 is 5.73 Å². The molecule has 39 heavy (non-hydrogen) atoms. The first kappa shape index (κ1) is 25.8. The predicted molar refractivity (Wildman–Crippen MR) is 157 cm³/mol. The third-order valence-corrected chi connectivity index (χ3v) is 11.4. The Morgan fingerprint density at radius 1 is 1.05 bits per heavy atom. The van der Waals surface area contributed by atoms with Crippen molar-refractivity contribution in [1.29, 1.82) is 0 Å². The van der Waals surface area contributed by atoms with Gasteiger partial charge in [-0.05, 0) is 112 Å². The Kier molecular flexibility index (Phi) is 5.76. The first-order valence-electron chi connectivity index (χ1n) is 15.7. The molecule has 4 aliphatic carbocycles. The summed E-state index contributed by atoms with van der Waals surface area (Å²) in [5.41, 5.74) is 12.6. The van der Waals surface area contributed by atoms with Gasteiger partial charge in [0.1, 0.15) is 5.70 Å². The first-order valence-corrected chi connectivity index (χ1v) is 15.7. The number of hydrogen-bond acceptors (Lipinski definition) is 4. The van der Waals surface area contributed by atoms with Crippen molar-refractivity contribution in [3.63, 3.8) is 0 Å². The number of rotatable bonds is 3. The van der Waals surface area contributed by atoms with Gasteiger partial charge in [-0.1, -0.05) is 39.0 Å². The molecular weight excluding hydrogens is 482 g/mol. The van der Waals surface area contributed by atoms with Crippen molar-refractivity contribution in [3.05, 3.63) is 41.6 Å². The molecule has 2 unspecified atom stereocenters. The zero-order valence-electron chi connectivity index (χ0n) is 24.5. The van der Waals surface area contributed by atoms with Crippen molar-refractivity contribution in [2.75, 3.05) is 19.7 Å². The Hall–Kier alpha value is -2.11. The fraction of sp³-hybridized carbons (Fsp3) is 0.676. The third kappa shape index (κ3) is 3.89. The van der Waals surface area contributed by atoms with Crippen molar-refractivity contribution < 1.29 is 9.53 Å². The molecule has 5 nitrogen and oxygen atoms in total. The summed E-state index contributed by atoms with van der Waals surface area (Å²) in [6, 6.07) is 8.92. The SMILES string of the molecule is CC12CC3CC(C)(C1)CC(N)(C3)C2.CCOC(=O)C1=C[C@]2(CC)CCCN3CCc4c(n1c1ccccc41)[C@@H]32. The van der Waals surface area contributed by atoms with Crippen LogP contribution in [0.3, 0.4) is 0 Å². The molecule has 9 rings (SSSR count). The molecule has 2 N–H and O–H groups in total. The number of hydrogen-bond donors (Lipinski definition) is 1. The predicted octanol–water partition coefficient (Wildman–Crippen LogP) is 6.84. The molecule has 4 bridgehead atoms. The maximum Gasteiger partial charge on any atom is 0.354 e. The lowest BCUT2D eigenvalue weighted by atomic mass is 9.43. The van der Waals surface area contributed by atoms with Gasteiger partial charge in [-0.25, -0.2) is 4.79 Å². The van der Waals surface area contributed by atoms with Gasteiger partial charge in [-0.2, -0.15) is 0 Å². The summed E-state index contributed by atoms with van der Waals surface area (Å²) in [5, 5.41) is 1.30. The second-order valence-electron chi connectivity index (χ2n) is 14.8. The van der Waals surface area contributed by atoms with Gasteiger partial charge in [-0.3, -0.25) is 4.90 Å². The van der Waals surface area contributed by atoms with Crippen LogP contribution in [0.5, 0.6) is 0 Å². The molecule has 2 aromatic rings. The van der Waals surface area contributed by atoms with Crippen molar-refractivity contribution in [1.82, 2.24) is 9.47 Å². The van der Waals surface area contributed by atoms with Gasteiger partial charge >= 0.3 is 5.97 Å². The van der Waals surface area contributed by atoms with E-state index in [9.17, 15) is 4.79 Å². The Bertz CT molecular complexity index is 1300. The number of nitrogens with two attached hydrogens (primary N) is 1. The van der Waals surface area contributed by atoms with Gasteiger partial charge in [0.05, 0.1) is 18.2 Å². The number of benzene rings is 1. The Balaban J connectivity index is 0.000000162. The largest absolute Gasteiger partial charge is 0.461 e. The smallest absolute Gasteiger partial charge is 0.354 e.